The Balaban J connectivity index is 1.75. The highest BCUT2D eigenvalue weighted by Gasteiger charge is 2.25. The Morgan fingerprint density at radius 1 is 1.03 bits per heavy atom. The van der Waals surface area contributed by atoms with Crippen LogP contribution in [0.5, 0.6) is 5.75 Å². The van der Waals surface area contributed by atoms with Gasteiger partial charge < -0.3 is 14.8 Å². The van der Waals surface area contributed by atoms with Crippen molar-refractivity contribution in [2.45, 2.75) is 38.0 Å². The number of rotatable bonds is 14. The van der Waals surface area contributed by atoms with Crippen LogP contribution >= 0.6 is 0 Å². The van der Waals surface area contributed by atoms with Gasteiger partial charge in [0.2, 0.25) is 0 Å². The molecule has 0 aliphatic rings. The first-order valence-corrected chi connectivity index (χ1v) is 13.5. The smallest absolute Gasteiger partial charge is 0.305 e. The van der Waals surface area contributed by atoms with E-state index in [1.165, 1.54) is 4.31 Å². The van der Waals surface area contributed by atoms with E-state index in [9.17, 15) is 13.2 Å². The van der Waals surface area contributed by atoms with E-state index in [0.717, 1.165) is 11.3 Å². The fraction of sp³-hybridized carbons (Fsp3) is 0.333. The number of ether oxygens (including phenoxy) is 2. The van der Waals surface area contributed by atoms with Gasteiger partial charge in [0.05, 0.1) is 17.2 Å². The summed E-state index contributed by atoms with van der Waals surface area (Å²) in [4.78, 5) is 15.9. The van der Waals surface area contributed by atoms with Crippen molar-refractivity contribution in [1.29, 1.82) is 0 Å². The van der Waals surface area contributed by atoms with Crippen molar-refractivity contribution in [2.24, 2.45) is 0 Å². The molecule has 0 aliphatic carbocycles. The molecule has 0 saturated heterocycles. The summed E-state index contributed by atoms with van der Waals surface area (Å²) >= 11 is 0. The first kappa shape index (κ1) is 27.0. The number of aromatic nitrogens is 1. The van der Waals surface area contributed by atoms with Crippen molar-refractivity contribution in [2.75, 3.05) is 35.9 Å². The summed E-state index contributed by atoms with van der Waals surface area (Å²) in [5, 5.41) is 3.26. The van der Waals surface area contributed by atoms with Gasteiger partial charge in [-0.05, 0) is 68.7 Å². The maximum Gasteiger partial charge on any atom is 0.305 e. The lowest BCUT2D eigenvalue weighted by molar-refractivity contribution is -0.143. The molecule has 0 fully saturated rings. The molecule has 3 rings (SSSR count). The van der Waals surface area contributed by atoms with Crippen molar-refractivity contribution in [3.8, 4) is 5.75 Å². The Morgan fingerprint density at radius 2 is 1.78 bits per heavy atom. The zero-order chi connectivity index (χ0) is 25.8. The van der Waals surface area contributed by atoms with Gasteiger partial charge in [-0.15, -0.1) is 0 Å². The van der Waals surface area contributed by atoms with Crippen LogP contribution in [0.3, 0.4) is 0 Å². The summed E-state index contributed by atoms with van der Waals surface area (Å²) in [5.41, 5.74) is 2.35. The fourth-order valence-corrected chi connectivity index (χ4v) is 5.16. The van der Waals surface area contributed by atoms with Crippen molar-refractivity contribution < 1.29 is 22.7 Å². The summed E-state index contributed by atoms with van der Waals surface area (Å²) in [6.07, 6.45) is 4.70. The van der Waals surface area contributed by atoms with Crippen LogP contribution < -0.4 is 14.4 Å². The van der Waals surface area contributed by atoms with E-state index in [2.05, 4.69) is 10.3 Å². The zero-order valence-electron chi connectivity index (χ0n) is 20.7. The molecule has 0 spiro atoms. The monoisotopic (exact) mass is 511 g/mol. The van der Waals surface area contributed by atoms with Gasteiger partial charge in [0.15, 0.2) is 0 Å². The number of aryl methyl sites for hydroxylation is 1. The van der Waals surface area contributed by atoms with E-state index in [0.29, 0.717) is 44.0 Å². The largest absolute Gasteiger partial charge is 0.492 e. The number of esters is 1. The highest BCUT2D eigenvalue weighted by Crippen LogP contribution is 2.29. The summed E-state index contributed by atoms with van der Waals surface area (Å²) in [7, 11) is -3.82. The van der Waals surface area contributed by atoms with Crippen LogP contribution in [0.15, 0.2) is 78.0 Å². The fourth-order valence-electron chi connectivity index (χ4n) is 3.66. The zero-order valence-corrected chi connectivity index (χ0v) is 21.5. The molecule has 0 radical (unpaired) electrons. The Hall–Kier alpha value is -3.59. The number of hydrogen-bond acceptors (Lipinski definition) is 7. The van der Waals surface area contributed by atoms with Gasteiger partial charge >= 0.3 is 5.97 Å². The molecular weight excluding hydrogens is 478 g/mol. The predicted octanol–water partition coefficient (Wildman–Crippen LogP) is 4.81. The average Bonchev–Trinajstić information content (AvgIpc) is 2.87. The summed E-state index contributed by atoms with van der Waals surface area (Å²) in [6, 6.07) is 17.5. The number of nitrogens with one attached hydrogen (secondary N) is 1. The highest BCUT2D eigenvalue weighted by atomic mass is 32.2. The third-order valence-corrected chi connectivity index (χ3v) is 7.17. The molecule has 1 N–H and O–H groups in total. The van der Waals surface area contributed by atoms with E-state index in [1.807, 2.05) is 31.2 Å². The molecule has 1 heterocycles. The number of pyridine rings is 1. The summed E-state index contributed by atoms with van der Waals surface area (Å²) < 4.78 is 39.5. The molecule has 2 aromatic carbocycles. The van der Waals surface area contributed by atoms with Gasteiger partial charge in [-0.25, -0.2) is 8.42 Å². The van der Waals surface area contributed by atoms with Crippen molar-refractivity contribution in [3.63, 3.8) is 0 Å². The van der Waals surface area contributed by atoms with E-state index < -0.39 is 10.0 Å². The lowest BCUT2D eigenvalue weighted by Crippen LogP contribution is -2.32. The first-order valence-electron chi connectivity index (χ1n) is 12.0. The molecule has 3 aromatic rings. The second-order valence-electron chi connectivity index (χ2n) is 8.17. The molecule has 0 saturated carbocycles. The number of nitrogens with zero attached hydrogens (tertiary/aromatic N) is 2. The van der Waals surface area contributed by atoms with Gasteiger partial charge in [0.25, 0.3) is 10.0 Å². The molecule has 0 amide bonds. The van der Waals surface area contributed by atoms with E-state index in [1.54, 1.807) is 55.7 Å². The molecule has 0 aliphatic heterocycles. The average molecular weight is 512 g/mol. The van der Waals surface area contributed by atoms with Crippen LogP contribution in [0.2, 0.25) is 0 Å². The van der Waals surface area contributed by atoms with E-state index in [-0.39, 0.29) is 23.8 Å². The van der Waals surface area contributed by atoms with Crippen molar-refractivity contribution in [1.82, 2.24) is 4.98 Å². The Bertz CT molecular complexity index is 1200. The lowest BCUT2D eigenvalue weighted by atomic mass is 10.2. The Morgan fingerprint density at radius 3 is 2.50 bits per heavy atom. The maximum atomic E-state index is 13.6. The SMILES string of the molecule is CCOC(=O)CCCCN(c1cc(C)cc(OCCNc2ccncc2)c1)S(=O)(=O)c1ccccc1. The van der Waals surface area contributed by atoms with Crippen LogP contribution in [0, 0.1) is 6.92 Å². The van der Waals surface area contributed by atoms with Gasteiger partial charge in [-0.1, -0.05) is 18.2 Å². The molecule has 0 bridgehead atoms. The number of carbonyl (C=O) groups is 1. The predicted molar refractivity (Wildman–Crippen MR) is 141 cm³/mol. The van der Waals surface area contributed by atoms with Crippen molar-refractivity contribution in [3.05, 3.63) is 78.6 Å². The van der Waals surface area contributed by atoms with E-state index >= 15 is 0 Å². The van der Waals surface area contributed by atoms with Gasteiger partial charge in [-0.3, -0.25) is 14.1 Å². The lowest BCUT2D eigenvalue weighted by Gasteiger charge is -2.25. The number of hydrogen-bond donors (Lipinski definition) is 1. The van der Waals surface area contributed by atoms with Crippen LogP contribution in [0.1, 0.15) is 31.7 Å². The number of carbonyl (C=O) groups excluding carboxylic acids is 1. The molecule has 9 heteroatoms. The number of sulfonamides is 1. The second-order valence-corrected chi connectivity index (χ2v) is 10.0. The molecule has 8 nitrogen and oxygen atoms in total. The molecule has 192 valence electrons. The molecule has 0 unspecified atom stereocenters. The number of anilines is 2. The van der Waals surface area contributed by atoms with Crippen LogP contribution in [-0.4, -0.2) is 45.7 Å². The summed E-state index contributed by atoms with van der Waals surface area (Å²) in [6.45, 7) is 5.20. The minimum Gasteiger partial charge on any atom is -0.492 e. The van der Waals surface area contributed by atoms with Crippen LogP contribution in [0.25, 0.3) is 0 Å². The van der Waals surface area contributed by atoms with Crippen LogP contribution in [0.4, 0.5) is 11.4 Å². The minimum absolute atomic E-state index is 0.209. The van der Waals surface area contributed by atoms with Gasteiger partial charge in [-0.2, -0.15) is 0 Å². The molecular formula is C27H33N3O5S. The minimum atomic E-state index is -3.82. The third kappa shape index (κ3) is 7.98. The van der Waals surface area contributed by atoms with E-state index in [4.69, 9.17) is 9.47 Å². The standard InChI is InChI=1S/C27H33N3O5S/c1-3-34-27(31)11-7-8-17-30(36(32,33)26-9-5-4-6-10-26)24-19-22(2)20-25(21-24)35-18-16-29-23-12-14-28-15-13-23/h4-6,9-10,12-15,19-21H,3,7-8,11,16-18H2,1-2H3,(H,28,29). The quantitative estimate of drug-likeness (QED) is 0.245. The normalized spacial score (nSPS) is 11.1. The van der Waals surface area contributed by atoms with Gasteiger partial charge in [0.1, 0.15) is 12.4 Å². The van der Waals surface area contributed by atoms with Crippen LogP contribution in [-0.2, 0) is 19.6 Å². The Labute approximate surface area is 213 Å². The topological polar surface area (TPSA) is 97.8 Å². The summed E-state index contributed by atoms with van der Waals surface area (Å²) in [5.74, 6) is 0.308. The first-order chi connectivity index (χ1) is 17.4. The molecule has 0 atom stereocenters. The number of unbranched alkanes of at least 4 members (excludes halogenated alkanes) is 1. The number of benzene rings is 2. The molecule has 36 heavy (non-hydrogen) atoms. The van der Waals surface area contributed by atoms with Crippen molar-refractivity contribution >= 4 is 27.4 Å². The second kappa shape index (κ2) is 13.5. The third-order valence-electron chi connectivity index (χ3n) is 5.33. The Kier molecular flexibility index (Phi) is 10.1. The van der Waals surface area contributed by atoms with Gasteiger partial charge in [0, 0.05) is 43.7 Å². The highest BCUT2D eigenvalue weighted by molar-refractivity contribution is 7.92. The molecule has 1 aromatic heterocycles. The maximum absolute atomic E-state index is 13.6.